The number of hydrogen-bond donors (Lipinski definition) is 0. The van der Waals surface area contributed by atoms with Gasteiger partial charge in [0.1, 0.15) is 0 Å². The summed E-state index contributed by atoms with van der Waals surface area (Å²) in [4.78, 5) is 13.9. The maximum atomic E-state index is 11.8. The first-order valence-corrected chi connectivity index (χ1v) is 6.48. The highest BCUT2D eigenvalue weighted by Gasteiger charge is 2.30. The van der Waals surface area contributed by atoms with Crippen LogP contribution in [0.15, 0.2) is 30.3 Å². The lowest BCUT2D eigenvalue weighted by Crippen LogP contribution is -2.28. The molecule has 2 rings (SSSR count). The number of rotatable bonds is 4. The van der Waals surface area contributed by atoms with E-state index in [4.69, 9.17) is 0 Å². The number of likely N-dealkylation sites (tertiary alicyclic amines) is 1. The fourth-order valence-electron chi connectivity index (χ4n) is 2.37. The molecule has 1 aliphatic rings. The van der Waals surface area contributed by atoms with Gasteiger partial charge in [-0.1, -0.05) is 44.2 Å². The molecule has 0 radical (unpaired) electrons. The molecule has 1 atom stereocenters. The first kappa shape index (κ1) is 12.2. The highest BCUT2D eigenvalue weighted by atomic mass is 16.2. The number of carbonyl (C=O) groups excluding carboxylic acids is 1. The van der Waals surface area contributed by atoms with E-state index in [2.05, 4.69) is 38.1 Å². The van der Waals surface area contributed by atoms with E-state index in [1.807, 2.05) is 11.0 Å². The van der Waals surface area contributed by atoms with Gasteiger partial charge in [-0.05, 0) is 23.8 Å². The van der Waals surface area contributed by atoms with E-state index in [0.717, 1.165) is 25.9 Å². The predicted octanol–water partition coefficient (Wildman–Crippen LogP) is 2.73. The molecule has 1 unspecified atom stereocenters. The Hall–Kier alpha value is -1.31. The zero-order valence-electron chi connectivity index (χ0n) is 10.7. The van der Waals surface area contributed by atoms with Gasteiger partial charge in [-0.15, -0.1) is 0 Å². The Morgan fingerprint density at radius 2 is 2.00 bits per heavy atom. The predicted molar refractivity (Wildman–Crippen MR) is 69.7 cm³/mol. The van der Waals surface area contributed by atoms with Gasteiger partial charge in [0.05, 0.1) is 0 Å². The molecule has 1 aromatic rings. The molecule has 1 amide bonds. The number of carbonyl (C=O) groups is 1. The molecule has 1 saturated heterocycles. The average Bonchev–Trinajstić information content (AvgIpc) is 2.70. The zero-order valence-corrected chi connectivity index (χ0v) is 10.7. The van der Waals surface area contributed by atoms with E-state index in [0.29, 0.717) is 17.7 Å². The van der Waals surface area contributed by atoms with Crippen molar-refractivity contribution in [1.29, 1.82) is 0 Å². The monoisotopic (exact) mass is 231 g/mol. The summed E-state index contributed by atoms with van der Waals surface area (Å²) in [6.07, 6.45) is 1.71. The van der Waals surface area contributed by atoms with Crippen molar-refractivity contribution in [3.8, 4) is 0 Å². The van der Waals surface area contributed by atoms with E-state index >= 15 is 0 Å². The van der Waals surface area contributed by atoms with E-state index < -0.39 is 0 Å². The number of amides is 1. The number of nitrogens with zero attached hydrogens (tertiary/aromatic N) is 1. The first-order chi connectivity index (χ1) is 8.16. The Morgan fingerprint density at radius 1 is 1.29 bits per heavy atom. The molecule has 1 aliphatic heterocycles. The van der Waals surface area contributed by atoms with Gasteiger partial charge < -0.3 is 4.90 Å². The van der Waals surface area contributed by atoms with Gasteiger partial charge in [0.2, 0.25) is 5.91 Å². The average molecular weight is 231 g/mol. The van der Waals surface area contributed by atoms with Gasteiger partial charge in [-0.2, -0.15) is 0 Å². The second-order valence-electron chi connectivity index (χ2n) is 5.28. The van der Waals surface area contributed by atoms with Crippen LogP contribution in [0.2, 0.25) is 0 Å². The van der Waals surface area contributed by atoms with Crippen molar-refractivity contribution < 1.29 is 4.79 Å². The van der Waals surface area contributed by atoms with Crippen LogP contribution >= 0.6 is 0 Å². The highest BCUT2D eigenvalue weighted by molar-refractivity contribution is 5.78. The van der Waals surface area contributed by atoms with Crippen molar-refractivity contribution in [3.63, 3.8) is 0 Å². The molecule has 1 aromatic carbocycles. The Morgan fingerprint density at radius 3 is 2.59 bits per heavy atom. The molecule has 92 valence electrons. The van der Waals surface area contributed by atoms with Crippen LogP contribution in [0.25, 0.3) is 0 Å². The van der Waals surface area contributed by atoms with E-state index in [9.17, 15) is 4.79 Å². The van der Waals surface area contributed by atoms with Crippen LogP contribution < -0.4 is 0 Å². The van der Waals surface area contributed by atoms with Crippen LogP contribution in [0.5, 0.6) is 0 Å². The molecule has 0 spiro atoms. The fourth-order valence-corrected chi connectivity index (χ4v) is 2.37. The van der Waals surface area contributed by atoms with Crippen LogP contribution in [0.4, 0.5) is 0 Å². The molecule has 1 heterocycles. The largest absolute Gasteiger partial charge is 0.342 e. The Labute approximate surface area is 104 Å². The summed E-state index contributed by atoms with van der Waals surface area (Å²) < 4.78 is 0. The van der Waals surface area contributed by atoms with Crippen molar-refractivity contribution in [2.24, 2.45) is 11.8 Å². The van der Waals surface area contributed by atoms with E-state index in [1.54, 1.807) is 0 Å². The minimum Gasteiger partial charge on any atom is -0.342 e. The molecule has 17 heavy (non-hydrogen) atoms. The molecule has 2 heteroatoms. The lowest BCUT2D eigenvalue weighted by atomic mass is 9.95. The Bertz CT molecular complexity index is 372. The van der Waals surface area contributed by atoms with Crippen molar-refractivity contribution >= 4 is 5.91 Å². The number of benzene rings is 1. The van der Waals surface area contributed by atoms with Gasteiger partial charge in [0.25, 0.3) is 0 Å². The van der Waals surface area contributed by atoms with Crippen LogP contribution in [0.1, 0.15) is 25.8 Å². The van der Waals surface area contributed by atoms with Crippen LogP contribution in [0, 0.1) is 11.8 Å². The molecule has 0 aliphatic carbocycles. The fraction of sp³-hybridized carbons (Fsp3) is 0.533. The molecule has 0 N–H and O–H groups in total. The molecule has 2 nitrogen and oxygen atoms in total. The zero-order chi connectivity index (χ0) is 12.3. The van der Waals surface area contributed by atoms with Gasteiger partial charge in [0.15, 0.2) is 0 Å². The number of hydrogen-bond acceptors (Lipinski definition) is 1. The third-order valence-corrected chi connectivity index (χ3v) is 3.70. The van der Waals surface area contributed by atoms with Gasteiger partial charge in [-0.3, -0.25) is 4.79 Å². The molecule has 0 saturated carbocycles. The molecule has 0 aromatic heterocycles. The second kappa shape index (κ2) is 5.35. The molecule has 0 bridgehead atoms. The maximum Gasteiger partial charge on any atom is 0.222 e. The van der Waals surface area contributed by atoms with Crippen molar-refractivity contribution in [1.82, 2.24) is 4.90 Å². The van der Waals surface area contributed by atoms with Gasteiger partial charge in [-0.25, -0.2) is 0 Å². The maximum absolute atomic E-state index is 11.8. The van der Waals surface area contributed by atoms with Crippen LogP contribution in [-0.4, -0.2) is 23.9 Å². The van der Waals surface area contributed by atoms with Crippen molar-refractivity contribution in [3.05, 3.63) is 35.9 Å². The van der Waals surface area contributed by atoms with Crippen molar-refractivity contribution in [2.75, 3.05) is 13.1 Å². The van der Waals surface area contributed by atoms with E-state index in [-0.39, 0.29) is 0 Å². The summed E-state index contributed by atoms with van der Waals surface area (Å²) in [6.45, 7) is 6.23. The van der Waals surface area contributed by atoms with Gasteiger partial charge in [0, 0.05) is 19.5 Å². The lowest BCUT2D eigenvalue weighted by Gasteiger charge is -2.18. The molecule has 1 fully saturated rings. The van der Waals surface area contributed by atoms with Crippen LogP contribution in [-0.2, 0) is 11.2 Å². The second-order valence-corrected chi connectivity index (χ2v) is 5.28. The topological polar surface area (TPSA) is 20.3 Å². The minimum atomic E-state index is 0.333. The summed E-state index contributed by atoms with van der Waals surface area (Å²) in [5, 5.41) is 0. The quantitative estimate of drug-likeness (QED) is 0.780. The van der Waals surface area contributed by atoms with E-state index in [1.165, 1.54) is 5.56 Å². The summed E-state index contributed by atoms with van der Waals surface area (Å²) in [7, 11) is 0. The van der Waals surface area contributed by atoms with Crippen molar-refractivity contribution in [2.45, 2.75) is 26.7 Å². The minimum absolute atomic E-state index is 0.333. The Balaban J connectivity index is 1.86. The highest BCUT2D eigenvalue weighted by Crippen LogP contribution is 2.24. The summed E-state index contributed by atoms with van der Waals surface area (Å²) in [5.41, 5.74) is 1.31. The summed E-state index contributed by atoms with van der Waals surface area (Å²) in [5.74, 6) is 1.50. The third kappa shape index (κ3) is 3.09. The molecular weight excluding hydrogens is 210 g/mol. The normalized spacial score (nSPS) is 20.3. The summed E-state index contributed by atoms with van der Waals surface area (Å²) in [6, 6.07) is 10.4. The Kier molecular flexibility index (Phi) is 3.82. The van der Waals surface area contributed by atoms with Gasteiger partial charge >= 0.3 is 0 Å². The first-order valence-electron chi connectivity index (χ1n) is 6.48. The SMILES string of the molecule is CC(C)C1CC(=O)N(CCc2ccccc2)C1. The molecular formula is C15H21NO. The standard InChI is InChI=1S/C15H21NO/c1-12(2)14-10-15(17)16(11-14)9-8-13-6-4-3-5-7-13/h3-7,12,14H,8-11H2,1-2H3. The lowest BCUT2D eigenvalue weighted by molar-refractivity contribution is -0.127. The van der Waals surface area contributed by atoms with Crippen LogP contribution in [0.3, 0.4) is 0 Å². The smallest absolute Gasteiger partial charge is 0.222 e. The third-order valence-electron chi connectivity index (χ3n) is 3.70. The summed E-state index contributed by atoms with van der Waals surface area (Å²) >= 11 is 0.